The summed E-state index contributed by atoms with van der Waals surface area (Å²) in [5, 5.41) is 20.2. The number of carboxylic acid groups (broad SMARTS) is 1. The van der Waals surface area contributed by atoms with Gasteiger partial charge in [-0.3, -0.25) is 9.59 Å². The average molecular weight is 419 g/mol. The van der Waals surface area contributed by atoms with Gasteiger partial charge in [-0.2, -0.15) is 0 Å². The zero-order chi connectivity index (χ0) is 20.8. The molecule has 0 spiro atoms. The molecule has 1 aromatic carbocycles. The van der Waals surface area contributed by atoms with E-state index in [0.717, 1.165) is 34.2 Å². The number of carbonyl (C=O) groups excluding carboxylic acids is 1. The Morgan fingerprint density at radius 2 is 2.00 bits per heavy atom. The van der Waals surface area contributed by atoms with Gasteiger partial charge in [-0.1, -0.05) is 49.6 Å². The lowest BCUT2D eigenvalue weighted by Crippen LogP contribution is -2.17. The molecule has 1 heterocycles. The van der Waals surface area contributed by atoms with Crippen LogP contribution < -0.4 is 0 Å². The number of benzene rings is 1. The predicted molar refractivity (Wildman–Crippen MR) is 113 cm³/mol. The number of aliphatic hydroxyl groups is 1. The number of rotatable bonds is 10. The van der Waals surface area contributed by atoms with Gasteiger partial charge in [0.15, 0.2) is 0 Å². The number of ketones is 1. The van der Waals surface area contributed by atoms with E-state index >= 15 is 0 Å². The zero-order valence-electron chi connectivity index (χ0n) is 16.3. The smallest absolute Gasteiger partial charge is 0.303 e. The molecule has 0 bridgehead atoms. The molecule has 0 saturated heterocycles. The summed E-state index contributed by atoms with van der Waals surface area (Å²) in [6.45, 7) is 0. The van der Waals surface area contributed by atoms with Crippen molar-refractivity contribution >= 4 is 33.2 Å². The number of alkyl halides is 1. The predicted octanol–water partition coefficient (Wildman–Crippen LogP) is 5.46. The molecule has 1 aromatic heterocycles. The first-order valence-corrected chi connectivity index (χ1v) is 11.0. The summed E-state index contributed by atoms with van der Waals surface area (Å²) in [7, 11) is 0. The number of fused-ring (bicyclic) bond motifs is 1. The van der Waals surface area contributed by atoms with Gasteiger partial charge in [0, 0.05) is 34.3 Å². The van der Waals surface area contributed by atoms with Crippen molar-refractivity contribution in [1.82, 2.24) is 0 Å². The van der Waals surface area contributed by atoms with E-state index in [-0.39, 0.29) is 24.5 Å². The normalized spacial score (nSPS) is 23.2. The number of aliphatic hydroxyl groups excluding tert-OH is 1. The van der Waals surface area contributed by atoms with Gasteiger partial charge in [0.05, 0.1) is 0 Å². The maximum Gasteiger partial charge on any atom is 0.303 e. The number of hydrogen-bond donors (Lipinski definition) is 2. The van der Waals surface area contributed by atoms with Gasteiger partial charge in [0.1, 0.15) is 18.1 Å². The van der Waals surface area contributed by atoms with Crippen LogP contribution in [0.3, 0.4) is 0 Å². The molecule has 2 aromatic rings. The van der Waals surface area contributed by atoms with Gasteiger partial charge in [-0.25, -0.2) is 4.39 Å². The first-order valence-electron chi connectivity index (χ1n) is 10.2. The minimum Gasteiger partial charge on any atom is -0.481 e. The van der Waals surface area contributed by atoms with Crippen LogP contribution in [0.4, 0.5) is 4.39 Å². The molecule has 6 heteroatoms. The second-order valence-corrected chi connectivity index (χ2v) is 8.85. The average Bonchev–Trinajstić information content (AvgIpc) is 3.23. The summed E-state index contributed by atoms with van der Waals surface area (Å²) in [6.07, 6.45) is 5.11. The Hall–Kier alpha value is -2.05. The molecule has 29 heavy (non-hydrogen) atoms. The fourth-order valence-electron chi connectivity index (χ4n) is 4.03. The van der Waals surface area contributed by atoms with E-state index in [1.54, 1.807) is 12.2 Å². The van der Waals surface area contributed by atoms with E-state index in [1.165, 1.54) is 11.3 Å². The highest BCUT2D eigenvalue weighted by molar-refractivity contribution is 7.19. The fourth-order valence-corrected chi connectivity index (χ4v) is 5.06. The van der Waals surface area contributed by atoms with Crippen LogP contribution in [0.15, 0.2) is 42.5 Å². The number of Topliss-reactive ketones (excluding diaryl/α,β-unsaturated/α-hetero) is 1. The molecule has 1 aliphatic carbocycles. The van der Waals surface area contributed by atoms with Crippen molar-refractivity contribution in [1.29, 1.82) is 0 Å². The maximum absolute atomic E-state index is 14.4. The maximum atomic E-state index is 14.4. The van der Waals surface area contributed by atoms with Crippen molar-refractivity contribution in [3.8, 4) is 0 Å². The lowest BCUT2D eigenvalue weighted by Gasteiger charge is -2.17. The molecule has 4 nitrogen and oxygen atoms in total. The van der Waals surface area contributed by atoms with Crippen LogP contribution in [0.25, 0.3) is 10.1 Å². The quantitative estimate of drug-likeness (QED) is 0.397. The van der Waals surface area contributed by atoms with E-state index in [0.29, 0.717) is 12.8 Å². The highest BCUT2D eigenvalue weighted by atomic mass is 32.1. The van der Waals surface area contributed by atoms with Gasteiger partial charge in [-0.05, 0) is 30.4 Å². The van der Waals surface area contributed by atoms with Crippen LogP contribution in [-0.2, 0) is 9.59 Å². The van der Waals surface area contributed by atoms with Crippen LogP contribution in [-0.4, -0.2) is 28.1 Å². The van der Waals surface area contributed by atoms with E-state index in [1.807, 2.05) is 30.3 Å². The molecule has 0 amide bonds. The number of halogens is 1. The number of carbonyl (C=O) groups is 2. The van der Waals surface area contributed by atoms with Gasteiger partial charge < -0.3 is 10.2 Å². The number of allylic oxidation sites excluding steroid dienone is 1. The van der Waals surface area contributed by atoms with Gasteiger partial charge in [-0.15, -0.1) is 11.3 Å². The lowest BCUT2D eigenvalue weighted by atomic mass is 9.88. The third-order valence-electron chi connectivity index (χ3n) is 5.61. The summed E-state index contributed by atoms with van der Waals surface area (Å²) >= 11 is 1.51. The Balaban J connectivity index is 1.56. The minimum atomic E-state index is -1.14. The highest BCUT2D eigenvalue weighted by Crippen LogP contribution is 2.37. The number of carboxylic acids is 1. The van der Waals surface area contributed by atoms with Crippen LogP contribution in [0, 0.1) is 11.8 Å². The third kappa shape index (κ3) is 5.73. The third-order valence-corrected chi connectivity index (χ3v) is 6.80. The fraction of sp³-hybridized carbons (Fsp3) is 0.478. The van der Waals surface area contributed by atoms with Crippen molar-refractivity contribution < 1.29 is 24.2 Å². The Morgan fingerprint density at radius 3 is 2.76 bits per heavy atom. The molecular formula is C23H27FO4S. The number of unbranched alkanes of at least 4 members (excludes halogenated alkanes) is 3. The van der Waals surface area contributed by atoms with Crippen molar-refractivity contribution in [3.63, 3.8) is 0 Å². The second kappa shape index (κ2) is 10.1. The second-order valence-electron chi connectivity index (χ2n) is 7.74. The Bertz CT molecular complexity index is 842. The molecule has 1 unspecified atom stereocenters. The molecular weight excluding hydrogens is 391 g/mol. The number of hydrogen-bond acceptors (Lipinski definition) is 4. The monoisotopic (exact) mass is 418 g/mol. The van der Waals surface area contributed by atoms with Crippen LogP contribution in [0.1, 0.15) is 55.9 Å². The van der Waals surface area contributed by atoms with Gasteiger partial charge >= 0.3 is 5.97 Å². The molecule has 156 valence electrons. The first kappa shape index (κ1) is 21.7. The Kier molecular flexibility index (Phi) is 7.56. The standard InChI is InChI=1S/C23H27FO4S/c24-18-14-20(26)17(16(18)8-3-1-2-4-10-23(27)28)11-12-19(25)22-13-15-7-5-6-9-21(15)29-22/h5-7,9,11-13,16-19,25H,1-4,8,10,14H2,(H,27,28)/t16-,17-,18-,19?/m1/s1. The minimum absolute atomic E-state index is 0.0579. The molecule has 1 saturated carbocycles. The molecule has 3 rings (SSSR count). The van der Waals surface area contributed by atoms with Gasteiger partial charge in [0.25, 0.3) is 0 Å². The van der Waals surface area contributed by atoms with Crippen molar-refractivity contribution in [2.75, 3.05) is 0 Å². The Labute approximate surface area is 174 Å². The SMILES string of the molecule is O=C(O)CCCCCC[C@H]1[C@H](F)CC(=O)[C@@H]1C=CC(O)c1cc2ccccc2s1. The summed E-state index contributed by atoms with van der Waals surface area (Å²) in [6, 6.07) is 9.84. The zero-order valence-corrected chi connectivity index (χ0v) is 17.1. The van der Waals surface area contributed by atoms with Gasteiger partial charge in [0.2, 0.25) is 0 Å². The number of thiophene rings is 1. The van der Waals surface area contributed by atoms with Crippen molar-refractivity contribution in [2.45, 2.75) is 57.2 Å². The number of aliphatic carboxylic acids is 1. The van der Waals surface area contributed by atoms with Crippen LogP contribution >= 0.6 is 11.3 Å². The summed E-state index contributed by atoms with van der Waals surface area (Å²) in [5.74, 6) is -1.74. The van der Waals surface area contributed by atoms with Crippen LogP contribution in [0.2, 0.25) is 0 Å². The molecule has 0 radical (unpaired) electrons. The first-order chi connectivity index (χ1) is 14.0. The van der Waals surface area contributed by atoms with E-state index in [9.17, 15) is 19.1 Å². The Morgan fingerprint density at radius 1 is 1.24 bits per heavy atom. The molecule has 1 aliphatic rings. The summed E-state index contributed by atoms with van der Waals surface area (Å²) in [5.41, 5.74) is 0. The topological polar surface area (TPSA) is 74.6 Å². The van der Waals surface area contributed by atoms with Crippen molar-refractivity contribution in [3.05, 3.63) is 47.4 Å². The molecule has 0 aliphatic heterocycles. The lowest BCUT2D eigenvalue weighted by molar-refractivity contribution is -0.137. The highest BCUT2D eigenvalue weighted by Gasteiger charge is 2.40. The molecule has 1 fully saturated rings. The molecule has 4 atom stereocenters. The van der Waals surface area contributed by atoms with E-state index < -0.39 is 24.2 Å². The van der Waals surface area contributed by atoms with E-state index in [4.69, 9.17) is 5.11 Å². The molecule has 2 N–H and O–H groups in total. The van der Waals surface area contributed by atoms with E-state index in [2.05, 4.69) is 0 Å². The van der Waals surface area contributed by atoms with Crippen LogP contribution in [0.5, 0.6) is 0 Å². The largest absolute Gasteiger partial charge is 0.481 e. The van der Waals surface area contributed by atoms with Crippen molar-refractivity contribution in [2.24, 2.45) is 11.8 Å². The summed E-state index contributed by atoms with van der Waals surface area (Å²) in [4.78, 5) is 23.6. The summed E-state index contributed by atoms with van der Waals surface area (Å²) < 4.78 is 15.5.